The summed E-state index contributed by atoms with van der Waals surface area (Å²) in [7, 11) is -3.81. The number of hydrogen-bond acceptors (Lipinski definition) is 6. The Labute approximate surface area is 143 Å². The Morgan fingerprint density at radius 2 is 2.26 bits per heavy atom. The van der Waals surface area contributed by atoms with Crippen molar-refractivity contribution < 1.29 is 13.5 Å². The third-order valence-corrected chi connectivity index (χ3v) is 6.85. The van der Waals surface area contributed by atoms with Crippen molar-refractivity contribution in [2.45, 2.75) is 10.8 Å². The molecule has 3 heterocycles. The summed E-state index contributed by atoms with van der Waals surface area (Å²) in [5.74, 6) is -0.254. The second-order valence-corrected chi connectivity index (χ2v) is 8.59. The molecule has 0 aliphatic carbocycles. The van der Waals surface area contributed by atoms with Crippen LogP contribution in [-0.4, -0.2) is 42.5 Å². The molecule has 2 atom stereocenters. The van der Waals surface area contributed by atoms with Gasteiger partial charge in [-0.15, -0.1) is 0 Å². The fourth-order valence-electron chi connectivity index (χ4n) is 2.85. The van der Waals surface area contributed by atoms with E-state index < -0.39 is 10.0 Å². The minimum absolute atomic E-state index is 0.0330. The van der Waals surface area contributed by atoms with Crippen molar-refractivity contribution in [3.8, 4) is 0 Å². The molecule has 0 unspecified atom stereocenters. The fraction of sp³-hybridized carbons (Fsp3) is 0.357. The van der Waals surface area contributed by atoms with Crippen LogP contribution in [0.5, 0.6) is 0 Å². The van der Waals surface area contributed by atoms with E-state index in [4.69, 9.17) is 17.3 Å². The number of rotatable bonds is 4. The van der Waals surface area contributed by atoms with Crippen molar-refractivity contribution >= 4 is 38.8 Å². The van der Waals surface area contributed by atoms with Crippen molar-refractivity contribution in [3.63, 3.8) is 0 Å². The number of sulfonamides is 1. The maximum atomic E-state index is 12.9. The van der Waals surface area contributed by atoms with Gasteiger partial charge in [-0.3, -0.25) is 0 Å². The number of nitrogen functional groups attached to an aromatic ring is 1. The molecular weight excluding hydrogens is 358 g/mol. The molecule has 2 aromatic rings. The maximum Gasteiger partial charge on any atom is 0.246 e. The van der Waals surface area contributed by atoms with Crippen molar-refractivity contribution in [1.29, 1.82) is 0 Å². The molecule has 1 aliphatic heterocycles. The average Bonchev–Trinajstić information content (AvgIpc) is 3.17. The number of pyridine rings is 1. The Bertz CT molecular complexity index is 796. The lowest BCUT2D eigenvalue weighted by atomic mass is 9.92. The minimum Gasteiger partial charge on any atom is -0.396 e. The second kappa shape index (κ2) is 6.37. The van der Waals surface area contributed by atoms with E-state index in [1.165, 1.54) is 16.6 Å². The van der Waals surface area contributed by atoms with Crippen LogP contribution < -0.4 is 5.73 Å². The third kappa shape index (κ3) is 3.09. The fourth-order valence-corrected chi connectivity index (χ4v) is 5.42. The highest BCUT2D eigenvalue weighted by atomic mass is 35.5. The van der Waals surface area contributed by atoms with Crippen LogP contribution in [0.3, 0.4) is 0 Å². The van der Waals surface area contributed by atoms with Crippen LogP contribution in [0, 0.1) is 5.92 Å². The summed E-state index contributed by atoms with van der Waals surface area (Å²) in [5.41, 5.74) is 6.76. The van der Waals surface area contributed by atoms with E-state index in [-0.39, 0.29) is 40.7 Å². The van der Waals surface area contributed by atoms with Crippen molar-refractivity contribution in [2.24, 2.45) is 5.92 Å². The molecular formula is C14H16ClN3O3S2. The van der Waals surface area contributed by atoms with Crippen LogP contribution >= 0.6 is 22.9 Å². The first-order valence-electron chi connectivity index (χ1n) is 6.97. The second-order valence-electron chi connectivity index (χ2n) is 5.46. The van der Waals surface area contributed by atoms with E-state index in [9.17, 15) is 13.5 Å². The molecule has 6 nitrogen and oxygen atoms in total. The number of anilines is 1. The van der Waals surface area contributed by atoms with Crippen LogP contribution in [0.25, 0.3) is 0 Å². The summed E-state index contributed by atoms with van der Waals surface area (Å²) < 4.78 is 27.1. The van der Waals surface area contributed by atoms with E-state index in [1.807, 2.05) is 16.8 Å². The van der Waals surface area contributed by atoms with Gasteiger partial charge < -0.3 is 10.8 Å². The predicted molar refractivity (Wildman–Crippen MR) is 90.1 cm³/mol. The highest BCUT2D eigenvalue weighted by molar-refractivity contribution is 7.89. The Kier molecular flexibility index (Phi) is 4.61. The number of nitrogens with two attached hydrogens (primary N) is 1. The third-order valence-electron chi connectivity index (χ3n) is 4.08. The lowest BCUT2D eigenvalue weighted by Gasteiger charge is -2.17. The van der Waals surface area contributed by atoms with Crippen LogP contribution in [-0.2, 0) is 10.0 Å². The lowest BCUT2D eigenvalue weighted by Crippen LogP contribution is -2.30. The molecule has 124 valence electrons. The number of aliphatic hydroxyl groups excluding tert-OH is 1. The molecule has 9 heteroatoms. The van der Waals surface area contributed by atoms with Gasteiger partial charge >= 0.3 is 0 Å². The van der Waals surface area contributed by atoms with Crippen molar-refractivity contribution in [1.82, 2.24) is 9.29 Å². The van der Waals surface area contributed by atoms with Gasteiger partial charge in [0.05, 0.1) is 5.02 Å². The quantitative estimate of drug-likeness (QED) is 0.851. The minimum atomic E-state index is -3.81. The van der Waals surface area contributed by atoms with E-state index in [0.717, 1.165) is 5.56 Å². The molecule has 0 amide bonds. The summed E-state index contributed by atoms with van der Waals surface area (Å²) in [5, 5.41) is 13.8. The number of nitrogens with zero attached hydrogens (tertiary/aromatic N) is 2. The van der Waals surface area contributed by atoms with Gasteiger partial charge in [-0.25, -0.2) is 13.4 Å². The average molecular weight is 374 g/mol. The number of aromatic nitrogens is 1. The summed E-state index contributed by atoms with van der Waals surface area (Å²) in [6, 6.07) is 3.27. The van der Waals surface area contributed by atoms with Crippen molar-refractivity contribution in [2.75, 3.05) is 25.4 Å². The Morgan fingerprint density at radius 3 is 2.91 bits per heavy atom. The number of hydrogen-bond donors (Lipinski definition) is 2. The smallest absolute Gasteiger partial charge is 0.246 e. The standard InChI is InChI=1S/C14H16ClN3O3S2/c15-11-3-13(14(16)17-4-11)23(20,21)18-5-10(7-19)12(6-18)9-1-2-22-8-9/h1-4,8,10,12,19H,5-7H2,(H2,16,17)/t10-,12-/m1/s1. The monoisotopic (exact) mass is 373 g/mol. The molecule has 3 rings (SSSR count). The highest BCUT2D eigenvalue weighted by Crippen LogP contribution is 2.37. The molecule has 1 fully saturated rings. The molecule has 3 N–H and O–H groups in total. The van der Waals surface area contributed by atoms with Gasteiger partial charge in [0.2, 0.25) is 10.0 Å². The van der Waals surface area contributed by atoms with Gasteiger partial charge in [0, 0.05) is 37.7 Å². The molecule has 2 aromatic heterocycles. The molecule has 1 aliphatic rings. The first kappa shape index (κ1) is 16.7. The summed E-state index contributed by atoms with van der Waals surface area (Å²) in [6.45, 7) is 0.470. The molecule has 0 bridgehead atoms. The van der Waals surface area contributed by atoms with E-state index >= 15 is 0 Å². The largest absolute Gasteiger partial charge is 0.396 e. The number of aliphatic hydroxyl groups is 1. The SMILES string of the molecule is Nc1ncc(Cl)cc1S(=O)(=O)N1C[C@H](CO)[C@@H](c2ccsc2)C1. The van der Waals surface area contributed by atoms with Gasteiger partial charge in [-0.2, -0.15) is 15.6 Å². The van der Waals surface area contributed by atoms with Gasteiger partial charge in [0.25, 0.3) is 0 Å². The first-order valence-corrected chi connectivity index (χ1v) is 9.73. The van der Waals surface area contributed by atoms with Crippen LogP contribution in [0.2, 0.25) is 5.02 Å². The zero-order valence-electron chi connectivity index (χ0n) is 12.1. The molecule has 0 saturated carbocycles. The molecule has 0 radical (unpaired) electrons. The molecule has 1 saturated heterocycles. The maximum absolute atomic E-state index is 12.9. The van der Waals surface area contributed by atoms with Gasteiger partial charge in [-0.1, -0.05) is 11.6 Å². The van der Waals surface area contributed by atoms with Crippen LogP contribution in [0.4, 0.5) is 5.82 Å². The zero-order valence-corrected chi connectivity index (χ0v) is 14.5. The summed E-state index contributed by atoms with van der Waals surface area (Å²) in [6.07, 6.45) is 1.31. The highest BCUT2D eigenvalue weighted by Gasteiger charge is 2.40. The predicted octanol–water partition coefficient (Wildman–Crippen LogP) is 1.78. The zero-order chi connectivity index (χ0) is 16.6. The first-order chi connectivity index (χ1) is 10.9. The molecule has 0 spiro atoms. The van der Waals surface area contributed by atoms with Crippen LogP contribution in [0.15, 0.2) is 34.0 Å². The Balaban J connectivity index is 1.94. The molecule has 0 aromatic carbocycles. The normalized spacial score (nSPS) is 22.5. The van der Waals surface area contributed by atoms with Gasteiger partial charge in [0.15, 0.2) is 0 Å². The van der Waals surface area contributed by atoms with Crippen LogP contribution in [0.1, 0.15) is 11.5 Å². The Hall–Kier alpha value is -1.19. The number of halogens is 1. The Morgan fingerprint density at radius 1 is 1.48 bits per heavy atom. The van der Waals surface area contributed by atoms with Gasteiger partial charge in [-0.05, 0) is 28.5 Å². The van der Waals surface area contributed by atoms with Crippen molar-refractivity contribution in [3.05, 3.63) is 39.7 Å². The van der Waals surface area contributed by atoms with E-state index in [2.05, 4.69) is 4.98 Å². The lowest BCUT2D eigenvalue weighted by molar-refractivity contribution is 0.223. The van der Waals surface area contributed by atoms with E-state index in [1.54, 1.807) is 11.3 Å². The van der Waals surface area contributed by atoms with Gasteiger partial charge in [0.1, 0.15) is 10.7 Å². The van der Waals surface area contributed by atoms with E-state index in [0.29, 0.717) is 6.54 Å². The molecule has 23 heavy (non-hydrogen) atoms. The summed E-state index contributed by atoms with van der Waals surface area (Å²) >= 11 is 7.41. The summed E-state index contributed by atoms with van der Waals surface area (Å²) in [4.78, 5) is 3.73. The topological polar surface area (TPSA) is 96.5 Å². The number of thiophene rings is 1.